The molecular formula is C26H35FN4O3. The van der Waals surface area contributed by atoms with Crippen LogP contribution >= 0.6 is 0 Å². The SMILES string of the molecule is CC(C)Oc1ccc(C([C@H](CO)NC(=O)C2CCN(c3ccc(F)cc3)C2)N2CCCC2)cn1. The third-order valence-electron chi connectivity index (χ3n) is 6.65. The zero-order valence-electron chi connectivity index (χ0n) is 20.0. The third kappa shape index (κ3) is 5.85. The highest BCUT2D eigenvalue weighted by atomic mass is 19.1. The summed E-state index contributed by atoms with van der Waals surface area (Å²) in [6, 6.07) is 9.61. The summed E-state index contributed by atoms with van der Waals surface area (Å²) < 4.78 is 18.9. The van der Waals surface area contributed by atoms with Gasteiger partial charge in [-0.15, -0.1) is 0 Å². The van der Waals surface area contributed by atoms with Crippen molar-refractivity contribution in [2.24, 2.45) is 5.92 Å². The maximum Gasteiger partial charge on any atom is 0.225 e. The molecule has 2 aliphatic rings. The molecule has 4 rings (SSSR count). The van der Waals surface area contributed by atoms with Gasteiger partial charge in [-0.2, -0.15) is 0 Å². The van der Waals surface area contributed by atoms with E-state index in [0.717, 1.165) is 50.1 Å². The molecular weight excluding hydrogens is 435 g/mol. The van der Waals surface area contributed by atoms with Crippen molar-refractivity contribution in [1.29, 1.82) is 0 Å². The Labute approximate surface area is 200 Å². The largest absolute Gasteiger partial charge is 0.475 e. The van der Waals surface area contributed by atoms with Gasteiger partial charge < -0.3 is 20.1 Å². The highest BCUT2D eigenvalue weighted by molar-refractivity contribution is 5.80. The number of aromatic nitrogens is 1. The quantitative estimate of drug-likeness (QED) is 0.586. The molecule has 34 heavy (non-hydrogen) atoms. The third-order valence-corrected chi connectivity index (χ3v) is 6.65. The number of amides is 1. The van der Waals surface area contributed by atoms with Crippen LogP contribution < -0.4 is 15.0 Å². The minimum Gasteiger partial charge on any atom is -0.475 e. The van der Waals surface area contributed by atoms with E-state index in [9.17, 15) is 14.3 Å². The summed E-state index contributed by atoms with van der Waals surface area (Å²) in [5.41, 5.74) is 1.87. The maximum absolute atomic E-state index is 13.3. The Balaban J connectivity index is 1.45. The normalized spacial score (nSPS) is 20.5. The van der Waals surface area contributed by atoms with Gasteiger partial charge in [0.2, 0.25) is 11.8 Å². The van der Waals surface area contributed by atoms with Crippen LogP contribution in [0.15, 0.2) is 42.6 Å². The lowest BCUT2D eigenvalue weighted by Gasteiger charge is -2.35. The lowest BCUT2D eigenvalue weighted by Crippen LogP contribution is -2.49. The first-order valence-electron chi connectivity index (χ1n) is 12.2. The van der Waals surface area contributed by atoms with Gasteiger partial charge >= 0.3 is 0 Å². The van der Waals surface area contributed by atoms with Crippen molar-refractivity contribution >= 4 is 11.6 Å². The van der Waals surface area contributed by atoms with Crippen molar-refractivity contribution in [2.75, 3.05) is 37.7 Å². The fraction of sp³-hybridized carbons (Fsp3) is 0.538. The van der Waals surface area contributed by atoms with Gasteiger partial charge in [-0.3, -0.25) is 9.69 Å². The summed E-state index contributed by atoms with van der Waals surface area (Å²) in [4.78, 5) is 22.1. The minimum atomic E-state index is -0.441. The number of benzene rings is 1. The molecule has 1 aromatic carbocycles. The Morgan fingerprint density at radius 1 is 1.18 bits per heavy atom. The van der Waals surface area contributed by atoms with Gasteiger partial charge in [0.1, 0.15) is 5.82 Å². The lowest BCUT2D eigenvalue weighted by molar-refractivity contribution is -0.126. The fourth-order valence-corrected chi connectivity index (χ4v) is 4.98. The van der Waals surface area contributed by atoms with E-state index >= 15 is 0 Å². The van der Waals surface area contributed by atoms with Crippen LogP contribution in [0, 0.1) is 11.7 Å². The van der Waals surface area contributed by atoms with Crippen LogP contribution in [0.25, 0.3) is 0 Å². The maximum atomic E-state index is 13.3. The highest BCUT2D eigenvalue weighted by Gasteiger charge is 2.35. The molecule has 2 aliphatic heterocycles. The van der Waals surface area contributed by atoms with Crippen LogP contribution in [-0.2, 0) is 4.79 Å². The number of halogens is 1. The average molecular weight is 471 g/mol. The van der Waals surface area contributed by atoms with Crippen molar-refractivity contribution in [3.63, 3.8) is 0 Å². The average Bonchev–Trinajstić information content (AvgIpc) is 3.52. The monoisotopic (exact) mass is 470 g/mol. The molecule has 8 heteroatoms. The van der Waals surface area contributed by atoms with Gasteiger partial charge in [0.05, 0.1) is 30.7 Å². The van der Waals surface area contributed by atoms with Crippen molar-refractivity contribution in [1.82, 2.24) is 15.2 Å². The molecule has 3 atom stereocenters. The minimum absolute atomic E-state index is 0.0399. The Kier molecular flexibility index (Phi) is 8.00. The molecule has 2 unspecified atom stereocenters. The van der Waals surface area contributed by atoms with E-state index in [4.69, 9.17) is 4.74 Å². The zero-order chi connectivity index (χ0) is 24.1. The number of aliphatic hydroxyl groups is 1. The zero-order valence-corrected chi connectivity index (χ0v) is 20.0. The predicted octanol–water partition coefficient (Wildman–Crippen LogP) is 3.15. The smallest absolute Gasteiger partial charge is 0.225 e. The molecule has 2 N–H and O–H groups in total. The Morgan fingerprint density at radius 3 is 2.53 bits per heavy atom. The van der Waals surface area contributed by atoms with Gasteiger partial charge in [-0.1, -0.05) is 6.07 Å². The summed E-state index contributed by atoms with van der Waals surface area (Å²) >= 11 is 0. The number of pyridine rings is 1. The van der Waals surface area contributed by atoms with Gasteiger partial charge in [0.15, 0.2) is 0 Å². The van der Waals surface area contributed by atoms with Gasteiger partial charge in [-0.25, -0.2) is 9.37 Å². The Hall–Kier alpha value is -2.71. The van der Waals surface area contributed by atoms with Crippen molar-refractivity contribution in [3.8, 4) is 5.88 Å². The van der Waals surface area contributed by atoms with E-state index < -0.39 is 6.04 Å². The number of nitrogens with zero attached hydrogens (tertiary/aromatic N) is 3. The van der Waals surface area contributed by atoms with E-state index in [1.165, 1.54) is 12.1 Å². The number of aliphatic hydroxyl groups excluding tert-OH is 1. The van der Waals surface area contributed by atoms with Crippen LogP contribution in [0.4, 0.5) is 10.1 Å². The number of hydrogen-bond acceptors (Lipinski definition) is 6. The van der Waals surface area contributed by atoms with Crippen molar-refractivity contribution in [2.45, 2.75) is 51.3 Å². The molecule has 3 heterocycles. The first-order valence-corrected chi connectivity index (χ1v) is 12.2. The van der Waals surface area contributed by atoms with Crippen LogP contribution in [0.5, 0.6) is 5.88 Å². The molecule has 0 saturated carbocycles. The van der Waals surface area contributed by atoms with Gasteiger partial charge in [0.25, 0.3) is 0 Å². The summed E-state index contributed by atoms with van der Waals surface area (Å²) in [5, 5.41) is 13.4. The van der Waals surface area contributed by atoms with Crippen LogP contribution in [0.1, 0.15) is 44.7 Å². The summed E-state index contributed by atoms with van der Waals surface area (Å²) in [7, 11) is 0. The number of anilines is 1. The Bertz CT molecular complexity index is 932. The fourth-order valence-electron chi connectivity index (χ4n) is 4.98. The second-order valence-electron chi connectivity index (χ2n) is 9.49. The molecule has 0 spiro atoms. The first kappa shape index (κ1) is 24.4. The first-order chi connectivity index (χ1) is 16.4. The summed E-state index contributed by atoms with van der Waals surface area (Å²) in [5.74, 6) is 0.0588. The molecule has 2 saturated heterocycles. The summed E-state index contributed by atoms with van der Waals surface area (Å²) in [6.07, 6.45) is 4.75. The Morgan fingerprint density at radius 2 is 1.91 bits per heavy atom. The van der Waals surface area contributed by atoms with E-state index in [1.807, 2.05) is 26.0 Å². The molecule has 0 aliphatic carbocycles. The number of hydrogen-bond donors (Lipinski definition) is 2. The molecule has 2 aromatic rings. The molecule has 7 nitrogen and oxygen atoms in total. The highest BCUT2D eigenvalue weighted by Crippen LogP contribution is 2.30. The van der Waals surface area contributed by atoms with Gasteiger partial charge in [0, 0.05) is 31.0 Å². The molecule has 2 fully saturated rings. The second-order valence-corrected chi connectivity index (χ2v) is 9.49. The van der Waals surface area contributed by atoms with E-state index in [2.05, 4.69) is 20.1 Å². The van der Waals surface area contributed by atoms with E-state index in [0.29, 0.717) is 12.4 Å². The van der Waals surface area contributed by atoms with Gasteiger partial charge in [-0.05, 0) is 76.0 Å². The van der Waals surface area contributed by atoms with Crippen LogP contribution in [0.3, 0.4) is 0 Å². The van der Waals surface area contributed by atoms with Crippen molar-refractivity contribution in [3.05, 3.63) is 54.0 Å². The van der Waals surface area contributed by atoms with E-state index in [-0.39, 0.29) is 36.4 Å². The van der Waals surface area contributed by atoms with E-state index in [1.54, 1.807) is 18.3 Å². The number of ether oxygens (including phenoxy) is 1. The standard InChI is InChI=1S/C26H35FN4O3/c1-18(2)34-24-10-5-19(15-28-24)25(30-12-3-4-13-30)23(17-32)29-26(33)20-11-14-31(16-20)22-8-6-21(27)7-9-22/h5-10,15,18,20,23,25,32H,3-4,11-14,16-17H2,1-2H3,(H,29,33)/t20?,23-,25?/m0/s1. The molecule has 184 valence electrons. The molecule has 1 aromatic heterocycles. The van der Waals surface area contributed by atoms with Crippen LogP contribution in [-0.4, -0.2) is 65.8 Å². The topological polar surface area (TPSA) is 77.9 Å². The number of likely N-dealkylation sites (tertiary alicyclic amines) is 1. The molecule has 0 bridgehead atoms. The molecule has 1 amide bonds. The number of carbonyl (C=O) groups excluding carboxylic acids is 1. The number of nitrogens with one attached hydrogen (secondary N) is 1. The van der Waals surface area contributed by atoms with Crippen molar-refractivity contribution < 1.29 is 19.0 Å². The second kappa shape index (κ2) is 11.1. The molecule has 0 radical (unpaired) electrons. The predicted molar refractivity (Wildman–Crippen MR) is 129 cm³/mol. The number of carbonyl (C=O) groups is 1. The van der Waals surface area contributed by atoms with Crippen LogP contribution in [0.2, 0.25) is 0 Å². The summed E-state index contributed by atoms with van der Waals surface area (Å²) in [6.45, 7) is 6.91. The number of rotatable bonds is 9. The lowest BCUT2D eigenvalue weighted by atomic mass is 9.98.